The Bertz CT molecular complexity index is 574. The highest BCUT2D eigenvalue weighted by Crippen LogP contribution is 2.24. The van der Waals surface area contributed by atoms with Gasteiger partial charge < -0.3 is 5.32 Å². The molecule has 0 aliphatic rings. The fraction of sp³-hybridized carbons (Fsp3) is 0.333. The number of nitrogens with one attached hydrogen (secondary N) is 1. The number of rotatable bonds is 3. The maximum absolute atomic E-state index is 3.50. The lowest BCUT2D eigenvalue weighted by molar-refractivity contribution is 1.08. The summed E-state index contributed by atoms with van der Waals surface area (Å²) in [5, 5.41) is 3.50. The summed E-state index contributed by atoms with van der Waals surface area (Å²) in [4.78, 5) is 0. The summed E-state index contributed by atoms with van der Waals surface area (Å²) >= 11 is 0. The fourth-order valence-electron chi connectivity index (χ4n) is 2.61. The molecule has 1 N–H and O–H groups in total. The molecule has 0 bridgehead atoms. The summed E-state index contributed by atoms with van der Waals surface area (Å²) < 4.78 is 0. The predicted molar refractivity (Wildman–Crippen MR) is 84.5 cm³/mol. The maximum atomic E-state index is 3.50. The van der Waals surface area contributed by atoms with Crippen LogP contribution in [0.15, 0.2) is 30.3 Å². The van der Waals surface area contributed by atoms with Gasteiger partial charge in [0.05, 0.1) is 0 Å². The van der Waals surface area contributed by atoms with Crippen molar-refractivity contribution >= 4 is 11.4 Å². The summed E-state index contributed by atoms with van der Waals surface area (Å²) in [6.45, 7) is 10.9. The van der Waals surface area contributed by atoms with Gasteiger partial charge in [0, 0.05) is 11.4 Å². The summed E-state index contributed by atoms with van der Waals surface area (Å²) in [6.07, 6.45) is 1.10. The quantitative estimate of drug-likeness (QED) is 0.790. The van der Waals surface area contributed by atoms with Crippen molar-refractivity contribution in [1.29, 1.82) is 0 Å². The Labute approximate surface area is 116 Å². The van der Waals surface area contributed by atoms with Crippen molar-refractivity contribution in [3.63, 3.8) is 0 Å². The van der Waals surface area contributed by atoms with Crippen LogP contribution in [0, 0.1) is 27.7 Å². The van der Waals surface area contributed by atoms with Crippen molar-refractivity contribution in [2.75, 3.05) is 5.32 Å². The van der Waals surface area contributed by atoms with Crippen LogP contribution in [-0.2, 0) is 6.42 Å². The second-order valence-corrected chi connectivity index (χ2v) is 5.37. The Hall–Kier alpha value is -1.76. The molecule has 0 amide bonds. The Morgan fingerprint density at radius 3 is 1.84 bits per heavy atom. The van der Waals surface area contributed by atoms with Gasteiger partial charge in [0.2, 0.25) is 0 Å². The molecule has 2 aromatic carbocycles. The van der Waals surface area contributed by atoms with Gasteiger partial charge in [-0.05, 0) is 86.2 Å². The lowest BCUT2D eigenvalue weighted by atomic mass is 9.99. The normalized spacial score (nSPS) is 10.6. The van der Waals surface area contributed by atoms with Crippen molar-refractivity contribution in [2.45, 2.75) is 41.0 Å². The summed E-state index contributed by atoms with van der Waals surface area (Å²) in [6, 6.07) is 11.0. The molecule has 0 aliphatic carbocycles. The van der Waals surface area contributed by atoms with E-state index in [-0.39, 0.29) is 0 Å². The third-order valence-corrected chi connectivity index (χ3v) is 3.85. The van der Waals surface area contributed by atoms with Gasteiger partial charge in [-0.1, -0.05) is 13.0 Å². The van der Waals surface area contributed by atoms with Crippen LogP contribution in [0.25, 0.3) is 0 Å². The van der Waals surface area contributed by atoms with Gasteiger partial charge in [0.25, 0.3) is 0 Å². The molecule has 2 aromatic rings. The zero-order valence-electron chi connectivity index (χ0n) is 12.6. The molecule has 0 radical (unpaired) electrons. The summed E-state index contributed by atoms with van der Waals surface area (Å²) in [7, 11) is 0. The standard InChI is InChI=1S/C18H23N/c1-6-18-14(4)10-17(11-15(18)5)19-16-8-7-12(2)13(3)9-16/h7-11,19H,6H2,1-5H3. The van der Waals surface area contributed by atoms with Gasteiger partial charge in [-0.2, -0.15) is 0 Å². The van der Waals surface area contributed by atoms with Gasteiger partial charge in [-0.25, -0.2) is 0 Å². The molecule has 0 atom stereocenters. The van der Waals surface area contributed by atoms with Gasteiger partial charge >= 0.3 is 0 Å². The van der Waals surface area contributed by atoms with E-state index in [4.69, 9.17) is 0 Å². The number of benzene rings is 2. The lowest BCUT2D eigenvalue weighted by Crippen LogP contribution is -1.97. The largest absolute Gasteiger partial charge is 0.356 e. The van der Waals surface area contributed by atoms with Crippen molar-refractivity contribution in [3.8, 4) is 0 Å². The first-order chi connectivity index (χ1) is 9.01. The molecule has 100 valence electrons. The molecule has 0 aliphatic heterocycles. The first-order valence-electron chi connectivity index (χ1n) is 6.95. The smallest absolute Gasteiger partial charge is 0.0389 e. The van der Waals surface area contributed by atoms with Gasteiger partial charge in [-0.15, -0.1) is 0 Å². The third kappa shape index (κ3) is 2.98. The Kier molecular flexibility index (Phi) is 3.94. The van der Waals surface area contributed by atoms with Crippen LogP contribution in [0.1, 0.15) is 34.7 Å². The van der Waals surface area contributed by atoms with E-state index in [1.54, 1.807) is 0 Å². The molecule has 1 heteroatoms. The van der Waals surface area contributed by atoms with E-state index in [1.165, 1.54) is 33.5 Å². The second kappa shape index (κ2) is 5.48. The van der Waals surface area contributed by atoms with E-state index in [2.05, 4.69) is 70.3 Å². The first-order valence-corrected chi connectivity index (χ1v) is 6.95. The third-order valence-electron chi connectivity index (χ3n) is 3.85. The highest BCUT2D eigenvalue weighted by atomic mass is 14.9. The maximum Gasteiger partial charge on any atom is 0.0389 e. The minimum absolute atomic E-state index is 1.10. The minimum atomic E-state index is 1.10. The molecule has 0 saturated carbocycles. The summed E-state index contributed by atoms with van der Waals surface area (Å²) in [5.74, 6) is 0. The fourth-order valence-corrected chi connectivity index (χ4v) is 2.61. The molecular formula is C18H23N. The molecule has 0 unspecified atom stereocenters. The van der Waals surface area contributed by atoms with E-state index >= 15 is 0 Å². The average Bonchev–Trinajstić information content (AvgIpc) is 2.33. The summed E-state index contributed by atoms with van der Waals surface area (Å²) in [5.41, 5.74) is 9.19. The number of anilines is 2. The molecule has 0 aromatic heterocycles. The van der Waals surface area contributed by atoms with Crippen molar-refractivity contribution < 1.29 is 0 Å². The van der Waals surface area contributed by atoms with Crippen molar-refractivity contribution in [2.24, 2.45) is 0 Å². The monoisotopic (exact) mass is 253 g/mol. The molecular weight excluding hydrogens is 230 g/mol. The van der Waals surface area contributed by atoms with E-state index in [1.807, 2.05) is 0 Å². The minimum Gasteiger partial charge on any atom is -0.356 e. The van der Waals surface area contributed by atoms with Gasteiger partial charge in [-0.3, -0.25) is 0 Å². The number of hydrogen-bond acceptors (Lipinski definition) is 1. The predicted octanol–water partition coefficient (Wildman–Crippen LogP) is 5.23. The van der Waals surface area contributed by atoms with E-state index in [0.717, 1.165) is 12.1 Å². The highest BCUT2D eigenvalue weighted by molar-refractivity contribution is 5.63. The van der Waals surface area contributed by atoms with E-state index in [9.17, 15) is 0 Å². The SMILES string of the molecule is CCc1c(C)cc(Nc2ccc(C)c(C)c2)cc1C. The molecule has 0 saturated heterocycles. The van der Waals surface area contributed by atoms with Crippen LogP contribution >= 0.6 is 0 Å². The Morgan fingerprint density at radius 2 is 1.32 bits per heavy atom. The lowest BCUT2D eigenvalue weighted by Gasteiger charge is -2.13. The topological polar surface area (TPSA) is 12.0 Å². The van der Waals surface area contributed by atoms with E-state index < -0.39 is 0 Å². The number of hydrogen-bond donors (Lipinski definition) is 1. The van der Waals surface area contributed by atoms with Gasteiger partial charge in [0.15, 0.2) is 0 Å². The first kappa shape index (κ1) is 13.7. The molecule has 0 heterocycles. The molecule has 1 nitrogen and oxygen atoms in total. The highest BCUT2D eigenvalue weighted by Gasteiger charge is 2.04. The zero-order valence-corrected chi connectivity index (χ0v) is 12.6. The molecule has 0 fully saturated rings. The van der Waals surface area contributed by atoms with Crippen molar-refractivity contribution in [1.82, 2.24) is 0 Å². The zero-order chi connectivity index (χ0) is 14.0. The number of aryl methyl sites for hydroxylation is 4. The van der Waals surface area contributed by atoms with Crippen LogP contribution in [-0.4, -0.2) is 0 Å². The molecule has 19 heavy (non-hydrogen) atoms. The van der Waals surface area contributed by atoms with Gasteiger partial charge in [0.1, 0.15) is 0 Å². The second-order valence-electron chi connectivity index (χ2n) is 5.37. The van der Waals surface area contributed by atoms with Crippen LogP contribution < -0.4 is 5.32 Å². The Morgan fingerprint density at radius 1 is 0.737 bits per heavy atom. The molecule has 0 spiro atoms. The van der Waals surface area contributed by atoms with Crippen molar-refractivity contribution in [3.05, 3.63) is 58.1 Å². The van der Waals surface area contributed by atoms with Crippen LogP contribution in [0.3, 0.4) is 0 Å². The van der Waals surface area contributed by atoms with E-state index in [0.29, 0.717) is 0 Å². The van der Waals surface area contributed by atoms with Crippen LogP contribution in [0.5, 0.6) is 0 Å². The van der Waals surface area contributed by atoms with Crippen LogP contribution in [0.4, 0.5) is 11.4 Å². The Balaban J connectivity index is 2.31. The average molecular weight is 253 g/mol. The molecule has 2 rings (SSSR count). The van der Waals surface area contributed by atoms with Crippen LogP contribution in [0.2, 0.25) is 0 Å².